The zero-order chi connectivity index (χ0) is 6.69. The van der Waals surface area contributed by atoms with E-state index in [1.54, 1.807) is 6.07 Å². The predicted molar refractivity (Wildman–Crippen MR) is 33.5 cm³/mol. The van der Waals surface area contributed by atoms with Crippen LogP contribution in [0.2, 0.25) is 0 Å². The van der Waals surface area contributed by atoms with E-state index in [-0.39, 0.29) is 0 Å². The van der Waals surface area contributed by atoms with Gasteiger partial charge in [0, 0.05) is 6.42 Å². The minimum atomic E-state index is 0.664. The van der Waals surface area contributed by atoms with Crippen LogP contribution in [0.5, 0.6) is 0 Å². The number of hydrogen-bond acceptors (Lipinski definition) is 2. The van der Waals surface area contributed by atoms with Crippen LogP contribution in [0.15, 0.2) is 16.7 Å². The maximum atomic E-state index is 10.2. The van der Waals surface area contributed by atoms with Crippen LogP contribution in [0.25, 0.3) is 0 Å². The van der Waals surface area contributed by atoms with E-state index in [0.29, 0.717) is 5.56 Å². The molecule has 0 saturated heterocycles. The first-order chi connectivity index (χ1) is 4.38. The Kier molecular flexibility index (Phi) is 1.68. The van der Waals surface area contributed by atoms with Crippen molar-refractivity contribution < 1.29 is 9.21 Å². The van der Waals surface area contributed by atoms with Gasteiger partial charge in [-0.3, -0.25) is 4.79 Å². The first-order valence-electron chi connectivity index (χ1n) is 2.90. The molecule has 2 heteroatoms. The van der Waals surface area contributed by atoms with Crippen molar-refractivity contribution in [1.29, 1.82) is 0 Å². The molecule has 0 unspecified atom stereocenters. The number of furan rings is 1. The second kappa shape index (κ2) is 2.49. The highest BCUT2D eigenvalue weighted by atomic mass is 16.3. The Morgan fingerprint density at radius 3 is 3.00 bits per heavy atom. The summed E-state index contributed by atoms with van der Waals surface area (Å²) in [6.07, 6.45) is 3.12. The fraction of sp³-hybridized carbons (Fsp3) is 0.286. The maximum absolute atomic E-state index is 10.2. The lowest BCUT2D eigenvalue weighted by molar-refractivity contribution is 0.112. The van der Waals surface area contributed by atoms with Crippen LogP contribution in [0, 0.1) is 0 Å². The van der Waals surface area contributed by atoms with Crippen LogP contribution in [0.4, 0.5) is 0 Å². The molecule has 9 heavy (non-hydrogen) atoms. The summed E-state index contributed by atoms with van der Waals surface area (Å²) in [5, 5.41) is 0. The van der Waals surface area contributed by atoms with Crippen LogP contribution in [0.1, 0.15) is 23.0 Å². The second-order valence-electron chi connectivity index (χ2n) is 1.77. The lowest BCUT2D eigenvalue weighted by Gasteiger charge is -1.86. The van der Waals surface area contributed by atoms with Crippen molar-refractivity contribution in [2.45, 2.75) is 13.3 Å². The normalized spacial score (nSPS) is 9.44. The molecule has 48 valence electrons. The van der Waals surface area contributed by atoms with Gasteiger partial charge in [-0.15, -0.1) is 0 Å². The molecule has 2 nitrogen and oxygen atoms in total. The van der Waals surface area contributed by atoms with Gasteiger partial charge >= 0.3 is 0 Å². The molecule has 0 radical (unpaired) electrons. The van der Waals surface area contributed by atoms with Crippen LogP contribution in [0.3, 0.4) is 0 Å². The Hall–Kier alpha value is -1.05. The summed E-state index contributed by atoms with van der Waals surface area (Å²) in [6.45, 7) is 1.95. The van der Waals surface area contributed by atoms with Gasteiger partial charge in [-0.25, -0.2) is 0 Å². The topological polar surface area (TPSA) is 30.2 Å². The van der Waals surface area contributed by atoms with Crippen LogP contribution in [-0.2, 0) is 6.42 Å². The molecule has 0 bridgehead atoms. The molecule has 0 aromatic carbocycles. The van der Waals surface area contributed by atoms with Gasteiger partial charge in [0.2, 0.25) is 0 Å². The number of rotatable bonds is 2. The van der Waals surface area contributed by atoms with Crippen molar-refractivity contribution in [2.75, 3.05) is 0 Å². The summed E-state index contributed by atoms with van der Waals surface area (Å²) in [5.74, 6) is 0.769. The fourth-order valence-electron chi connectivity index (χ4n) is 0.743. The molecule has 1 rings (SSSR count). The van der Waals surface area contributed by atoms with E-state index in [4.69, 9.17) is 4.42 Å². The Morgan fingerprint density at radius 2 is 2.56 bits per heavy atom. The van der Waals surface area contributed by atoms with E-state index in [2.05, 4.69) is 0 Å². The quantitative estimate of drug-likeness (QED) is 0.561. The summed E-state index contributed by atoms with van der Waals surface area (Å²) in [6, 6.07) is 1.67. The van der Waals surface area contributed by atoms with Gasteiger partial charge < -0.3 is 4.42 Å². The third kappa shape index (κ3) is 1.02. The molecule has 0 aliphatic heterocycles. The number of carbonyl (C=O) groups excluding carboxylic acids is 1. The van der Waals surface area contributed by atoms with Gasteiger partial charge in [0.25, 0.3) is 0 Å². The Balaban J connectivity index is 2.98. The summed E-state index contributed by atoms with van der Waals surface area (Å²) in [4.78, 5) is 10.2. The number of carbonyl (C=O) groups is 1. The van der Waals surface area contributed by atoms with Gasteiger partial charge in [0.05, 0.1) is 11.8 Å². The average molecular weight is 124 g/mol. The summed E-state index contributed by atoms with van der Waals surface area (Å²) in [7, 11) is 0. The van der Waals surface area contributed by atoms with Gasteiger partial charge in [0.1, 0.15) is 5.76 Å². The van der Waals surface area contributed by atoms with Gasteiger partial charge in [-0.2, -0.15) is 0 Å². The standard InChI is InChI=1S/C7H8O2/c1-2-7-6(5-8)3-4-9-7/h3-5H,2H2,1H3. The van der Waals surface area contributed by atoms with E-state index < -0.39 is 0 Å². The zero-order valence-corrected chi connectivity index (χ0v) is 5.26. The number of aldehydes is 1. The van der Waals surface area contributed by atoms with Crippen LogP contribution < -0.4 is 0 Å². The molecule has 1 aromatic rings. The van der Waals surface area contributed by atoms with Gasteiger partial charge in [-0.1, -0.05) is 6.92 Å². The van der Waals surface area contributed by atoms with Crippen molar-refractivity contribution in [3.63, 3.8) is 0 Å². The number of hydrogen-bond donors (Lipinski definition) is 0. The SMILES string of the molecule is CCc1occc1C=O. The maximum Gasteiger partial charge on any atom is 0.153 e. The predicted octanol–water partition coefficient (Wildman–Crippen LogP) is 1.65. The Bertz CT molecular complexity index is 200. The fourth-order valence-corrected chi connectivity index (χ4v) is 0.743. The second-order valence-corrected chi connectivity index (χ2v) is 1.77. The summed E-state index contributed by atoms with van der Waals surface area (Å²) in [5.41, 5.74) is 0.664. The third-order valence-corrected chi connectivity index (χ3v) is 1.23. The van der Waals surface area contributed by atoms with Gasteiger partial charge in [0.15, 0.2) is 6.29 Å². The van der Waals surface area contributed by atoms with Gasteiger partial charge in [-0.05, 0) is 6.07 Å². The molecule has 0 fully saturated rings. The highest BCUT2D eigenvalue weighted by Crippen LogP contribution is 2.07. The molecular formula is C7H8O2. The molecular weight excluding hydrogens is 116 g/mol. The molecule has 0 aliphatic rings. The molecule has 1 aromatic heterocycles. The minimum absolute atomic E-state index is 0.664. The molecule has 0 amide bonds. The van der Waals surface area contributed by atoms with Crippen molar-refractivity contribution in [2.24, 2.45) is 0 Å². The van der Waals surface area contributed by atoms with E-state index >= 15 is 0 Å². The molecule has 0 spiro atoms. The van der Waals surface area contributed by atoms with E-state index in [1.807, 2.05) is 6.92 Å². The number of aryl methyl sites for hydroxylation is 1. The van der Waals surface area contributed by atoms with Crippen LogP contribution >= 0.6 is 0 Å². The summed E-state index contributed by atoms with van der Waals surface area (Å²) >= 11 is 0. The monoisotopic (exact) mass is 124 g/mol. The molecule has 0 N–H and O–H groups in total. The molecule has 0 aliphatic carbocycles. The Morgan fingerprint density at radius 1 is 1.78 bits per heavy atom. The van der Waals surface area contributed by atoms with Crippen molar-refractivity contribution in [1.82, 2.24) is 0 Å². The largest absolute Gasteiger partial charge is 0.469 e. The lowest BCUT2D eigenvalue weighted by atomic mass is 10.2. The third-order valence-electron chi connectivity index (χ3n) is 1.23. The zero-order valence-electron chi connectivity index (χ0n) is 5.26. The highest BCUT2D eigenvalue weighted by Gasteiger charge is 1.99. The van der Waals surface area contributed by atoms with E-state index in [1.165, 1.54) is 6.26 Å². The average Bonchev–Trinajstić information content (AvgIpc) is 2.33. The Labute approximate surface area is 53.5 Å². The van der Waals surface area contributed by atoms with Crippen molar-refractivity contribution >= 4 is 6.29 Å². The molecule has 0 saturated carbocycles. The lowest BCUT2D eigenvalue weighted by Crippen LogP contribution is -1.81. The summed E-state index contributed by atoms with van der Waals surface area (Å²) < 4.78 is 4.97. The van der Waals surface area contributed by atoms with Crippen molar-refractivity contribution in [3.8, 4) is 0 Å². The van der Waals surface area contributed by atoms with E-state index in [0.717, 1.165) is 18.5 Å². The highest BCUT2D eigenvalue weighted by molar-refractivity contribution is 5.75. The first kappa shape index (κ1) is 6.08. The molecule has 1 heterocycles. The van der Waals surface area contributed by atoms with Crippen LogP contribution in [-0.4, -0.2) is 6.29 Å². The smallest absolute Gasteiger partial charge is 0.153 e. The van der Waals surface area contributed by atoms with Crippen molar-refractivity contribution in [3.05, 3.63) is 23.7 Å². The molecule has 0 atom stereocenters. The van der Waals surface area contributed by atoms with E-state index in [9.17, 15) is 4.79 Å². The minimum Gasteiger partial charge on any atom is -0.469 e. The first-order valence-corrected chi connectivity index (χ1v) is 2.90.